The smallest absolute Gasteiger partial charge is 0.0719 e. The van der Waals surface area contributed by atoms with Crippen LogP contribution in [0.4, 0.5) is 34.1 Å². The van der Waals surface area contributed by atoms with Crippen LogP contribution in [0.15, 0.2) is 206 Å². The maximum Gasteiger partial charge on any atom is 0.0719 e. The zero-order chi connectivity index (χ0) is 36.3. The van der Waals surface area contributed by atoms with E-state index in [2.05, 4.69) is 230 Å². The highest BCUT2D eigenvalue weighted by molar-refractivity contribution is 5.92. The Morgan fingerprint density at radius 2 is 0.648 bits per heavy atom. The molecule has 2 aliphatic rings. The maximum atomic E-state index is 2.43. The number of nitrogens with zero attached hydrogens (tertiary/aromatic N) is 2. The summed E-state index contributed by atoms with van der Waals surface area (Å²) < 4.78 is 0. The Kier molecular flexibility index (Phi) is 7.42. The van der Waals surface area contributed by atoms with Crippen LogP contribution in [0, 0.1) is 0 Å². The average molecular weight is 693 g/mol. The van der Waals surface area contributed by atoms with Gasteiger partial charge in [0.1, 0.15) is 0 Å². The lowest BCUT2D eigenvalue weighted by molar-refractivity contribution is 0.563. The van der Waals surface area contributed by atoms with Gasteiger partial charge in [-0.2, -0.15) is 0 Å². The molecular weight excluding hydrogens is 653 g/mol. The third kappa shape index (κ3) is 4.73. The van der Waals surface area contributed by atoms with E-state index in [4.69, 9.17) is 0 Å². The highest BCUT2D eigenvalue weighted by atomic mass is 15.2. The zero-order valence-electron chi connectivity index (χ0n) is 30.5. The van der Waals surface area contributed by atoms with Gasteiger partial charge in [-0.15, -0.1) is 0 Å². The Bertz CT molecular complexity index is 2550. The molecule has 0 aliphatic heterocycles. The number of hydrogen-bond donors (Lipinski definition) is 0. The third-order valence-corrected chi connectivity index (χ3v) is 11.7. The summed E-state index contributed by atoms with van der Waals surface area (Å²) in [6.07, 6.45) is 0. The van der Waals surface area contributed by atoms with Gasteiger partial charge in [0, 0.05) is 39.5 Å². The van der Waals surface area contributed by atoms with Gasteiger partial charge in [0.05, 0.1) is 5.41 Å². The van der Waals surface area contributed by atoms with E-state index in [1.54, 1.807) is 0 Å². The Morgan fingerprint density at radius 3 is 1.17 bits per heavy atom. The SMILES string of the molecule is CC1(C)c2ccccc2C2(c3ccccc3-c3cc(N(c4ccccc4)c4cccc(N(c5ccccc5)c5ccccc5)c4)ccc32)c2ccccc21. The van der Waals surface area contributed by atoms with Gasteiger partial charge < -0.3 is 9.80 Å². The lowest BCUT2D eigenvalue weighted by Crippen LogP contribution is -2.40. The van der Waals surface area contributed by atoms with Gasteiger partial charge in [-0.25, -0.2) is 0 Å². The van der Waals surface area contributed by atoms with Crippen LogP contribution in [0.25, 0.3) is 11.1 Å². The van der Waals surface area contributed by atoms with Gasteiger partial charge in [-0.1, -0.05) is 153 Å². The molecule has 2 nitrogen and oxygen atoms in total. The first-order valence-corrected chi connectivity index (χ1v) is 18.9. The summed E-state index contributed by atoms with van der Waals surface area (Å²) in [5.41, 5.74) is 16.9. The van der Waals surface area contributed by atoms with Crippen molar-refractivity contribution >= 4 is 34.1 Å². The molecule has 0 aromatic heterocycles. The fraction of sp³-hybridized carbons (Fsp3) is 0.0769. The van der Waals surface area contributed by atoms with Crippen molar-refractivity contribution in [2.45, 2.75) is 24.7 Å². The number of rotatable bonds is 6. The topological polar surface area (TPSA) is 6.48 Å². The molecule has 0 radical (unpaired) electrons. The predicted octanol–water partition coefficient (Wildman–Crippen LogP) is 13.6. The van der Waals surface area contributed by atoms with Gasteiger partial charge >= 0.3 is 0 Å². The number of fused-ring (bicyclic) bond motifs is 9. The monoisotopic (exact) mass is 692 g/mol. The number of anilines is 6. The Labute approximate surface area is 318 Å². The molecule has 2 heteroatoms. The van der Waals surface area contributed by atoms with Crippen LogP contribution in [0.1, 0.15) is 47.2 Å². The summed E-state index contributed by atoms with van der Waals surface area (Å²) in [7, 11) is 0. The van der Waals surface area contributed by atoms with Crippen LogP contribution in [0.2, 0.25) is 0 Å². The van der Waals surface area contributed by atoms with Gasteiger partial charge in [-0.3, -0.25) is 0 Å². The van der Waals surface area contributed by atoms with Crippen molar-refractivity contribution in [2.75, 3.05) is 9.80 Å². The second-order valence-electron chi connectivity index (χ2n) is 14.9. The van der Waals surface area contributed by atoms with Crippen molar-refractivity contribution in [1.29, 1.82) is 0 Å². The van der Waals surface area contributed by atoms with E-state index >= 15 is 0 Å². The van der Waals surface area contributed by atoms with E-state index in [1.807, 2.05) is 0 Å². The van der Waals surface area contributed by atoms with Crippen molar-refractivity contribution in [1.82, 2.24) is 0 Å². The third-order valence-electron chi connectivity index (χ3n) is 11.7. The first-order valence-electron chi connectivity index (χ1n) is 18.9. The van der Waals surface area contributed by atoms with Crippen LogP contribution >= 0.6 is 0 Å². The van der Waals surface area contributed by atoms with Crippen molar-refractivity contribution in [3.05, 3.63) is 240 Å². The molecular formula is C52H40N2. The first kappa shape index (κ1) is 32.0. The summed E-state index contributed by atoms with van der Waals surface area (Å²) >= 11 is 0. The Balaban J connectivity index is 1.19. The molecule has 0 N–H and O–H groups in total. The normalized spacial score (nSPS) is 14.0. The van der Waals surface area contributed by atoms with E-state index in [-0.39, 0.29) is 5.41 Å². The molecule has 0 unspecified atom stereocenters. The van der Waals surface area contributed by atoms with Crippen molar-refractivity contribution in [3.63, 3.8) is 0 Å². The summed E-state index contributed by atoms with van der Waals surface area (Å²) in [4.78, 5) is 4.73. The number of benzene rings is 8. The highest BCUT2D eigenvalue weighted by Gasteiger charge is 2.53. The standard InChI is InChI=1S/C52H40N2/c1-51(2)47-29-14-16-31-49(47)52(50-32-17-15-30-48(50)51)45-28-13-12-27-43(45)44-36-42(33-34-46(44)52)54(39-23-10-5-11-24-39)41-26-18-25-40(35-41)53(37-19-6-3-7-20-37)38-21-8-4-9-22-38/h3-36H,1-2H3. The molecule has 54 heavy (non-hydrogen) atoms. The van der Waals surface area contributed by atoms with E-state index in [1.165, 1.54) is 44.5 Å². The largest absolute Gasteiger partial charge is 0.310 e. The molecule has 10 rings (SSSR count). The van der Waals surface area contributed by atoms with Gasteiger partial charge in [0.2, 0.25) is 0 Å². The number of hydrogen-bond acceptors (Lipinski definition) is 2. The van der Waals surface area contributed by atoms with E-state index in [0.29, 0.717) is 0 Å². The highest BCUT2D eigenvalue weighted by Crippen LogP contribution is 2.62. The molecule has 0 saturated carbocycles. The fourth-order valence-electron chi connectivity index (χ4n) is 9.39. The molecule has 2 aliphatic carbocycles. The Hall–Kier alpha value is -6.64. The lowest BCUT2D eigenvalue weighted by atomic mass is 9.55. The molecule has 0 heterocycles. The summed E-state index contributed by atoms with van der Waals surface area (Å²) in [5.74, 6) is 0. The van der Waals surface area contributed by atoms with Crippen LogP contribution < -0.4 is 9.80 Å². The molecule has 1 spiro atoms. The van der Waals surface area contributed by atoms with Crippen molar-refractivity contribution in [2.24, 2.45) is 0 Å². The molecule has 0 bridgehead atoms. The first-order chi connectivity index (χ1) is 26.6. The lowest BCUT2D eigenvalue weighted by Gasteiger charge is -2.46. The van der Waals surface area contributed by atoms with Crippen LogP contribution in [-0.4, -0.2) is 0 Å². The minimum absolute atomic E-state index is 0.126. The van der Waals surface area contributed by atoms with Crippen molar-refractivity contribution < 1.29 is 0 Å². The van der Waals surface area contributed by atoms with Crippen molar-refractivity contribution in [3.8, 4) is 11.1 Å². The zero-order valence-corrected chi connectivity index (χ0v) is 30.5. The molecule has 0 atom stereocenters. The average Bonchev–Trinajstić information content (AvgIpc) is 3.52. The summed E-state index contributed by atoms with van der Waals surface area (Å²) in [6.45, 7) is 4.76. The van der Waals surface area contributed by atoms with E-state index in [0.717, 1.165) is 34.1 Å². The molecule has 258 valence electrons. The quantitative estimate of drug-likeness (QED) is 0.171. The van der Waals surface area contributed by atoms with E-state index in [9.17, 15) is 0 Å². The molecule has 0 fully saturated rings. The van der Waals surface area contributed by atoms with Crippen LogP contribution in [-0.2, 0) is 10.8 Å². The summed E-state index contributed by atoms with van der Waals surface area (Å²) in [5, 5.41) is 0. The fourth-order valence-corrected chi connectivity index (χ4v) is 9.39. The van der Waals surface area contributed by atoms with Crippen LogP contribution in [0.5, 0.6) is 0 Å². The molecule has 8 aromatic carbocycles. The maximum absolute atomic E-state index is 2.43. The van der Waals surface area contributed by atoms with Gasteiger partial charge in [0.15, 0.2) is 0 Å². The second-order valence-corrected chi connectivity index (χ2v) is 14.9. The predicted molar refractivity (Wildman–Crippen MR) is 225 cm³/mol. The Morgan fingerprint density at radius 1 is 0.278 bits per heavy atom. The minimum atomic E-state index is -0.420. The number of para-hydroxylation sites is 3. The molecule has 0 saturated heterocycles. The van der Waals surface area contributed by atoms with Crippen LogP contribution in [0.3, 0.4) is 0 Å². The molecule has 8 aromatic rings. The van der Waals surface area contributed by atoms with Gasteiger partial charge in [-0.05, 0) is 111 Å². The molecule has 0 amide bonds. The second kappa shape index (κ2) is 12.5. The van der Waals surface area contributed by atoms with E-state index < -0.39 is 5.41 Å². The van der Waals surface area contributed by atoms with Gasteiger partial charge in [0.25, 0.3) is 0 Å². The summed E-state index contributed by atoms with van der Waals surface area (Å²) in [6, 6.07) is 75.5. The minimum Gasteiger partial charge on any atom is -0.310 e.